The largest absolute Gasteiger partial charge is 0.294 e. The molecule has 0 amide bonds. The van der Waals surface area contributed by atoms with Gasteiger partial charge in [0.05, 0.1) is 26.6 Å². The molecule has 11 nitrogen and oxygen atoms in total. The number of hydrogen-bond donors (Lipinski definition) is 3. The summed E-state index contributed by atoms with van der Waals surface area (Å²) in [6.07, 6.45) is 8.63. The standard InChI is InChI=1S/C29H34N2O9S3/c1-28(2)22-18-20(42(35,36)37)12-14-24(22)30-26(28)10-6-5-7-11-27-29(3,4)23-19-21(43(38,39)40)13-15-25(23)31(27)16-8-9-17-41(32,33)34/h5-7,11-15,18-19H,8-10,16-17H2,1-4H3,(H2-,32,33,34,35,36,37,38,39,40)/p+1/b6-5+,11-7+. The molecule has 2 aliphatic heterocycles. The van der Waals surface area contributed by atoms with Crippen molar-refractivity contribution in [3.8, 4) is 0 Å². The van der Waals surface area contributed by atoms with Crippen molar-refractivity contribution in [1.82, 2.24) is 0 Å². The minimum atomic E-state index is -4.42. The van der Waals surface area contributed by atoms with Crippen LogP contribution in [0.5, 0.6) is 0 Å². The number of fused-ring (bicyclic) bond motifs is 2. The predicted molar refractivity (Wildman–Crippen MR) is 164 cm³/mol. The molecule has 0 spiro atoms. The first-order chi connectivity index (χ1) is 19.7. The van der Waals surface area contributed by atoms with Crippen LogP contribution in [0.1, 0.15) is 58.1 Å². The Hall–Kier alpha value is -3.01. The van der Waals surface area contributed by atoms with Crippen LogP contribution in [0.4, 0.5) is 11.4 Å². The number of aliphatic imine (C=N–C) groups is 1. The van der Waals surface area contributed by atoms with E-state index in [1.54, 1.807) is 12.1 Å². The summed E-state index contributed by atoms with van der Waals surface area (Å²) in [7, 11) is -12.9. The predicted octanol–water partition coefficient (Wildman–Crippen LogP) is 4.79. The Morgan fingerprint density at radius 3 is 2.00 bits per heavy atom. The van der Waals surface area contributed by atoms with Crippen LogP contribution in [0.15, 0.2) is 75.5 Å². The fourth-order valence-electron chi connectivity index (χ4n) is 5.53. The lowest BCUT2D eigenvalue weighted by atomic mass is 9.80. The fraction of sp³-hybridized carbons (Fsp3) is 0.379. The smallest absolute Gasteiger partial charge is 0.286 e. The van der Waals surface area contributed by atoms with E-state index in [0.717, 1.165) is 17.1 Å². The van der Waals surface area contributed by atoms with E-state index >= 15 is 0 Å². The second-order valence-electron chi connectivity index (χ2n) is 11.6. The van der Waals surface area contributed by atoms with E-state index in [1.807, 2.05) is 56.6 Å². The Morgan fingerprint density at radius 1 is 0.791 bits per heavy atom. The molecule has 0 atom stereocenters. The van der Waals surface area contributed by atoms with Gasteiger partial charge in [-0.25, -0.2) is 0 Å². The van der Waals surface area contributed by atoms with Gasteiger partial charge in [0, 0.05) is 41.7 Å². The van der Waals surface area contributed by atoms with Gasteiger partial charge in [0.15, 0.2) is 5.71 Å². The van der Waals surface area contributed by atoms with E-state index < -0.39 is 41.2 Å². The fourth-order valence-corrected chi connectivity index (χ4v) is 7.11. The van der Waals surface area contributed by atoms with Gasteiger partial charge in [-0.15, -0.1) is 0 Å². The lowest BCUT2D eigenvalue weighted by Crippen LogP contribution is -2.28. The second-order valence-corrected chi connectivity index (χ2v) is 16.1. The molecule has 0 aliphatic carbocycles. The van der Waals surface area contributed by atoms with Crippen LogP contribution >= 0.6 is 0 Å². The van der Waals surface area contributed by atoms with Gasteiger partial charge in [-0.3, -0.25) is 18.7 Å². The molecule has 0 saturated carbocycles. The summed E-state index contributed by atoms with van der Waals surface area (Å²) in [5, 5.41) is 0. The molecule has 4 rings (SSSR count). The molecule has 2 aromatic rings. The highest BCUT2D eigenvalue weighted by molar-refractivity contribution is 7.86. The molecule has 232 valence electrons. The number of rotatable bonds is 11. The van der Waals surface area contributed by atoms with Crippen LogP contribution < -0.4 is 0 Å². The van der Waals surface area contributed by atoms with Crippen molar-refractivity contribution in [2.75, 3.05) is 12.3 Å². The molecular weight excluding hydrogens is 617 g/mol. The molecule has 2 aliphatic rings. The summed E-state index contributed by atoms with van der Waals surface area (Å²) in [6, 6.07) is 8.72. The maximum Gasteiger partial charge on any atom is 0.294 e. The molecule has 3 N–H and O–H groups in total. The molecule has 0 aromatic heterocycles. The topological polar surface area (TPSA) is 178 Å². The van der Waals surface area contributed by atoms with E-state index in [-0.39, 0.29) is 22.0 Å². The average molecular weight is 652 g/mol. The number of nitrogens with zero attached hydrogens (tertiary/aromatic N) is 2. The Labute approximate surface area is 252 Å². The zero-order valence-corrected chi connectivity index (χ0v) is 26.7. The maximum absolute atomic E-state index is 11.8. The van der Waals surface area contributed by atoms with E-state index in [2.05, 4.69) is 4.99 Å². The summed E-state index contributed by atoms with van der Waals surface area (Å²) in [6.45, 7) is 8.13. The maximum atomic E-state index is 11.8. The molecule has 14 heteroatoms. The molecule has 0 fully saturated rings. The van der Waals surface area contributed by atoms with Crippen molar-refractivity contribution in [3.05, 3.63) is 71.8 Å². The molecule has 0 unspecified atom stereocenters. The van der Waals surface area contributed by atoms with Crippen molar-refractivity contribution in [3.63, 3.8) is 0 Å². The summed E-state index contributed by atoms with van der Waals surface area (Å²) in [5.74, 6) is -0.367. The summed E-state index contributed by atoms with van der Waals surface area (Å²) in [5.41, 5.74) is 3.20. The van der Waals surface area contributed by atoms with Gasteiger partial charge < -0.3 is 0 Å². The van der Waals surface area contributed by atoms with Crippen LogP contribution in [-0.4, -0.2) is 67.2 Å². The molecule has 0 bridgehead atoms. The zero-order chi connectivity index (χ0) is 32.0. The first kappa shape index (κ1) is 32.9. The number of allylic oxidation sites excluding steroid dienone is 4. The highest BCUT2D eigenvalue weighted by Crippen LogP contribution is 2.43. The number of unbranched alkanes of at least 4 members (excludes halogenated alkanes) is 1. The molecule has 43 heavy (non-hydrogen) atoms. The first-order valence-corrected chi connectivity index (χ1v) is 18.0. The summed E-state index contributed by atoms with van der Waals surface area (Å²) >= 11 is 0. The SMILES string of the molecule is CC1(C)C(C/C=C/C=C/C2=[N+](CCCCS(=O)(=O)O)c3ccc(S(=O)(=O)O)cc3C2(C)C)=Nc2ccc(S(=O)(=O)O)cc21. The number of hydrogen-bond acceptors (Lipinski definition) is 7. The Morgan fingerprint density at radius 2 is 1.40 bits per heavy atom. The van der Waals surface area contributed by atoms with E-state index in [4.69, 9.17) is 4.55 Å². The lowest BCUT2D eigenvalue weighted by Gasteiger charge is -2.21. The highest BCUT2D eigenvalue weighted by atomic mass is 32.2. The third-order valence-corrected chi connectivity index (χ3v) is 10.4. The molecule has 2 aromatic carbocycles. The lowest BCUT2D eigenvalue weighted by molar-refractivity contribution is -0.438. The van der Waals surface area contributed by atoms with Gasteiger partial charge in [-0.05, 0) is 56.2 Å². The van der Waals surface area contributed by atoms with E-state index in [1.165, 1.54) is 24.3 Å². The second kappa shape index (κ2) is 11.5. The molecule has 0 saturated heterocycles. The monoisotopic (exact) mass is 651 g/mol. The Kier molecular flexibility index (Phi) is 8.79. The third-order valence-electron chi connectivity index (χ3n) is 7.92. The van der Waals surface area contributed by atoms with Crippen LogP contribution in [0.2, 0.25) is 0 Å². The molecule has 2 heterocycles. The van der Waals surface area contributed by atoms with Crippen LogP contribution in [0, 0.1) is 0 Å². The van der Waals surface area contributed by atoms with Gasteiger partial charge in [0.2, 0.25) is 5.69 Å². The summed E-state index contributed by atoms with van der Waals surface area (Å²) < 4.78 is 99.4. The molecule has 0 radical (unpaired) electrons. The van der Waals surface area contributed by atoms with E-state index in [9.17, 15) is 34.4 Å². The van der Waals surface area contributed by atoms with Gasteiger partial charge in [0.25, 0.3) is 30.4 Å². The summed E-state index contributed by atoms with van der Waals surface area (Å²) in [4.78, 5) is 4.27. The highest BCUT2D eigenvalue weighted by Gasteiger charge is 2.44. The Balaban J connectivity index is 1.58. The van der Waals surface area contributed by atoms with E-state index in [0.29, 0.717) is 36.2 Å². The van der Waals surface area contributed by atoms with Crippen LogP contribution in [0.25, 0.3) is 0 Å². The zero-order valence-electron chi connectivity index (χ0n) is 24.2. The van der Waals surface area contributed by atoms with Crippen molar-refractivity contribution < 1.29 is 43.5 Å². The van der Waals surface area contributed by atoms with Gasteiger partial charge in [-0.2, -0.15) is 29.8 Å². The third kappa shape index (κ3) is 7.05. The quantitative estimate of drug-likeness (QED) is 0.133. The number of benzene rings is 2. The van der Waals surface area contributed by atoms with Crippen LogP contribution in [-0.2, 0) is 41.2 Å². The minimum Gasteiger partial charge on any atom is -0.286 e. The van der Waals surface area contributed by atoms with Crippen molar-refractivity contribution in [2.45, 2.75) is 67.6 Å². The first-order valence-electron chi connectivity index (χ1n) is 13.5. The average Bonchev–Trinajstić information content (AvgIpc) is 3.25. The van der Waals surface area contributed by atoms with Crippen molar-refractivity contribution in [1.29, 1.82) is 0 Å². The van der Waals surface area contributed by atoms with Gasteiger partial charge in [-0.1, -0.05) is 32.1 Å². The normalized spacial score (nSPS) is 18.0. The van der Waals surface area contributed by atoms with Gasteiger partial charge >= 0.3 is 0 Å². The minimum absolute atomic E-state index is 0.183. The van der Waals surface area contributed by atoms with Crippen LogP contribution in [0.3, 0.4) is 0 Å². The Bertz CT molecular complexity index is 1920. The van der Waals surface area contributed by atoms with Gasteiger partial charge in [0.1, 0.15) is 6.54 Å². The molecular formula is C29H35N2O9S3+. The van der Waals surface area contributed by atoms with Crippen molar-refractivity contribution in [2.24, 2.45) is 4.99 Å². The van der Waals surface area contributed by atoms with Crippen molar-refractivity contribution >= 4 is 53.2 Å².